The molecule has 2 N–H and O–H groups in total. The van der Waals surface area contributed by atoms with Gasteiger partial charge in [0.25, 0.3) is 0 Å². The molecule has 0 bridgehead atoms. The van der Waals surface area contributed by atoms with E-state index in [1.807, 2.05) is 49.3 Å². The molecule has 0 radical (unpaired) electrons. The molecule has 0 aliphatic rings. The number of halogens is 1. The van der Waals surface area contributed by atoms with Crippen LogP contribution in [0.25, 0.3) is 56.1 Å². The predicted molar refractivity (Wildman–Crippen MR) is 139 cm³/mol. The van der Waals surface area contributed by atoms with Crippen molar-refractivity contribution in [1.82, 2.24) is 40.0 Å². The Balaban J connectivity index is 1.41. The zero-order chi connectivity index (χ0) is 25.4. The minimum Gasteiger partial charge on any atom is -0.492 e. The number of aromatic nitrogens is 7. The fourth-order valence-electron chi connectivity index (χ4n) is 4.12. The van der Waals surface area contributed by atoms with Crippen LogP contribution in [-0.4, -0.2) is 67.3 Å². The predicted octanol–water partition coefficient (Wildman–Crippen LogP) is 4.70. The fourth-order valence-corrected chi connectivity index (χ4v) is 4.12. The molecule has 0 atom stereocenters. The van der Waals surface area contributed by atoms with E-state index in [-0.39, 0.29) is 0 Å². The lowest BCUT2D eigenvalue weighted by atomic mass is 10.1. The highest BCUT2D eigenvalue weighted by Crippen LogP contribution is 2.33. The van der Waals surface area contributed by atoms with Crippen LogP contribution in [0.1, 0.15) is 0 Å². The van der Waals surface area contributed by atoms with Crippen LogP contribution < -0.4 is 4.74 Å². The highest BCUT2D eigenvalue weighted by atomic mass is 19.1. The van der Waals surface area contributed by atoms with E-state index in [1.165, 1.54) is 12.1 Å². The second-order valence-electron chi connectivity index (χ2n) is 8.88. The molecular weight excluding hydrogens is 471 g/mol. The van der Waals surface area contributed by atoms with E-state index in [0.717, 1.165) is 23.4 Å². The lowest BCUT2D eigenvalue weighted by molar-refractivity contribution is 0.260. The van der Waals surface area contributed by atoms with Crippen LogP contribution in [0.4, 0.5) is 4.39 Å². The third-order valence-corrected chi connectivity index (χ3v) is 5.94. The number of benzene rings is 1. The number of nitrogens with one attached hydrogen (secondary N) is 2. The second-order valence-corrected chi connectivity index (χ2v) is 8.88. The number of pyridine rings is 3. The van der Waals surface area contributed by atoms with Gasteiger partial charge < -0.3 is 14.6 Å². The highest BCUT2D eigenvalue weighted by Gasteiger charge is 2.18. The van der Waals surface area contributed by atoms with Gasteiger partial charge in [-0.1, -0.05) is 6.07 Å². The van der Waals surface area contributed by atoms with Crippen molar-refractivity contribution in [1.29, 1.82) is 0 Å². The fraction of sp³-hybridized carbons (Fsp3) is 0.148. The van der Waals surface area contributed by atoms with Crippen molar-refractivity contribution < 1.29 is 9.13 Å². The van der Waals surface area contributed by atoms with Gasteiger partial charge in [-0.3, -0.25) is 15.1 Å². The Bertz CT molecular complexity index is 1710. The Morgan fingerprint density at radius 3 is 2.70 bits per heavy atom. The molecule has 0 unspecified atom stereocenters. The number of likely N-dealkylation sites (N-methyl/N-ethyl adjacent to an activating group) is 1. The Labute approximate surface area is 211 Å². The standard InChI is InChI=1S/C27H23FN8O/c1-36(2)9-10-37-18-12-16(11-17(28)13-18)19-14-29-15-23-24(19)33-27(32-23)26-25-22(34-35-26)7-6-21(31-25)20-5-3-4-8-30-20/h3-8,11-15H,9-10H2,1-2H3,(H,32,33)(H,34,35). The van der Waals surface area contributed by atoms with Gasteiger partial charge in [0, 0.05) is 30.6 Å². The summed E-state index contributed by atoms with van der Waals surface area (Å²) in [6.07, 6.45) is 5.09. The summed E-state index contributed by atoms with van der Waals surface area (Å²) in [4.78, 5) is 23.7. The maximum absolute atomic E-state index is 14.5. The first-order valence-electron chi connectivity index (χ1n) is 11.7. The Kier molecular flexibility index (Phi) is 5.78. The number of nitrogens with zero attached hydrogens (tertiary/aromatic N) is 6. The SMILES string of the molecule is CN(C)CCOc1cc(F)cc(-c2cncc3[nH]c(-c4n[nH]c5ccc(-c6ccccn6)nc45)nc23)c1. The number of hydrogen-bond donors (Lipinski definition) is 2. The van der Waals surface area contributed by atoms with E-state index in [4.69, 9.17) is 14.7 Å². The zero-order valence-electron chi connectivity index (χ0n) is 20.2. The van der Waals surface area contributed by atoms with E-state index in [9.17, 15) is 4.39 Å². The van der Waals surface area contributed by atoms with E-state index in [1.54, 1.807) is 24.7 Å². The van der Waals surface area contributed by atoms with Crippen molar-refractivity contribution in [2.45, 2.75) is 0 Å². The molecule has 0 amide bonds. The van der Waals surface area contributed by atoms with Crippen LogP contribution >= 0.6 is 0 Å². The third kappa shape index (κ3) is 4.50. The molecule has 10 heteroatoms. The lowest BCUT2D eigenvalue weighted by Crippen LogP contribution is -2.19. The van der Waals surface area contributed by atoms with Gasteiger partial charge >= 0.3 is 0 Å². The number of aromatic amines is 2. The average Bonchev–Trinajstić information content (AvgIpc) is 3.52. The van der Waals surface area contributed by atoms with Crippen molar-refractivity contribution in [2.24, 2.45) is 0 Å². The van der Waals surface area contributed by atoms with Crippen LogP contribution in [0.3, 0.4) is 0 Å². The molecule has 6 aromatic rings. The maximum Gasteiger partial charge on any atom is 0.161 e. The number of imidazole rings is 1. The van der Waals surface area contributed by atoms with Crippen molar-refractivity contribution in [3.63, 3.8) is 0 Å². The summed E-state index contributed by atoms with van der Waals surface area (Å²) in [5.74, 6) is 0.587. The molecule has 5 aromatic heterocycles. The van der Waals surface area contributed by atoms with E-state index in [2.05, 4.69) is 25.1 Å². The number of hydrogen-bond acceptors (Lipinski definition) is 7. The Hall–Kier alpha value is -4.70. The molecule has 0 aliphatic carbocycles. The van der Waals surface area contributed by atoms with Crippen LogP contribution in [-0.2, 0) is 0 Å². The summed E-state index contributed by atoms with van der Waals surface area (Å²) in [6, 6.07) is 14.1. The summed E-state index contributed by atoms with van der Waals surface area (Å²) >= 11 is 0. The van der Waals surface area contributed by atoms with Crippen molar-refractivity contribution in [3.8, 4) is 39.8 Å². The van der Waals surface area contributed by atoms with Gasteiger partial charge in [0.2, 0.25) is 0 Å². The summed E-state index contributed by atoms with van der Waals surface area (Å²) in [5, 5.41) is 7.49. The molecule has 0 spiro atoms. The minimum atomic E-state index is -0.394. The highest BCUT2D eigenvalue weighted by molar-refractivity contribution is 5.95. The summed E-state index contributed by atoms with van der Waals surface area (Å²) < 4.78 is 20.3. The maximum atomic E-state index is 14.5. The number of H-pyrrole nitrogens is 2. The smallest absolute Gasteiger partial charge is 0.161 e. The van der Waals surface area contributed by atoms with Crippen molar-refractivity contribution >= 4 is 22.1 Å². The topological polar surface area (TPSA) is 108 Å². The first-order valence-corrected chi connectivity index (χ1v) is 11.7. The molecule has 0 fully saturated rings. The van der Waals surface area contributed by atoms with Gasteiger partial charge in [-0.15, -0.1) is 0 Å². The Morgan fingerprint density at radius 2 is 1.86 bits per heavy atom. The third-order valence-electron chi connectivity index (χ3n) is 5.94. The molecule has 1 aromatic carbocycles. The molecule has 0 aliphatic heterocycles. The molecule has 37 heavy (non-hydrogen) atoms. The lowest BCUT2D eigenvalue weighted by Gasteiger charge is -2.12. The van der Waals surface area contributed by atoms with Gasteiger partial charge in [0.05, 0.1) is 34.1 Å². The van der Waals surface area contributed by atoms with Crippen LogP contribution in [0, 0.1) is 5.82 Å². The average molecular weight is 495 g/mol. The number of fused-ring (bicyclic) bond motifs is 2. The molecule has 0 saturated carbocycles. The van der Waals surface area contributed by atoms with Gasteiger partial charge in [0.1, 0.15) is 23.7 Å². The normalized spacial score (nSPS) is 11.6. The van der Waals surface area contributed by atoms with Crippen molar-refractivity contribution in [2.75, 3.05) is 27.2 Å². The quantitative estimate of drug-likeness (QED) is 0.331. The van der Waals surface area contributed by atoms with Crippen LogP contribution in [0.2, 0.25) is 0 Å². The Morgan fingerprint density at radius 1 is 0.946 bits per heavy atom. The van der Waals surface area contributed by atoms with E-state index < -0.39 is 5.82 Å². The minimum absolute atomic E-state index is 0.394. The molecular formula is C27H23FN8O. The monoisotopic (exact) mass is 494 g/mol. The van der Waals surface area contributed by atoms with Crippen molar-refractivity contribution in [3.05, 3.63) is 72.9 Å². The van der Waals surface area contributed by atoms with Crippen LogP contribution in [0.15, 0.2) is 67.1 Å². The van der Waals surface area contributed by atoms with Gasteiger partial charge in [-0.25, -0.2) is 14.4 Å². The molecule has 0 saturated heterocycles. The largest absolute Gasteiger partial charge is 0.492 e. The first-order chi connectivity index (χ1) is 18.0. The summed E-state index contributed by atoms with van der Waals surface area (Å²) in [7, 11) is 3.92. The number of rotatable bonds is 7. The first kappa shape index (κ1) is 22.7. The van der Waals surface area contributed by atoms with E-state index in [0.29, 0.717) is 51.6 Å². The van der Waals surface area contributed by atoms with E-state index >= 15 is 0 Å². The summed E-state index contributed by atoms with van der Waals surface area (Å²) in [6.45, 7) is 1.17. The zero-order valence-corrected chi connectivity index (χ0v) is 20.2. The second kappa shape index (κ2) is 9.40. The summed E-state index contributed by atoms with van der Waals surface area (Å²) in [5.41, 5.74) is 6.16. The molecule has 184 valence electrons. The molecule has 9 nitrogen and oxygen atoms in total. The van der Waals surface area contributed by atoms with Gasteiger partial charge in [-0.2, -0.15) is 5.10 Å². The number of ether oxygens (including phenoxy) is 1. The molecule has 6 rings (SSSR count). The van der Waals surface area contributed by atoms with Gasteiger partial charge in [0.15, 0.2) is 11.5 Å². The van der Waals surface area contributed by atoms with Crippen LogP contribution in [0.5, 0.6) is 5.75 Å². The van der Waals surface area contributed by atoms with Gasteiger partial charge in [-0.05, 0) is 56.1 Å². The molecule has 5 heterocycles.